The van der Waals surface area contributed by atoms with Crippen LogP contribution in [0.4, 0.5) is 0 Å². The van der Waals surface area contributed by atoms with Crippen LogP contribution in [0.3, 0.4) is 0 Å². The molecule has 6 rings (SSSR count). The van der Waals surface area contributed by atoms with E-state index in [1.54, 1.807) is 39.1 Å². The van der Waals surface area contributed by atoms with E-state index >= 15 is 0 Å². The molecule has 0 unspecified atom stereocenters. The van der Waals surface area contributed by atoms with Crippen LogP contribution in [0.5, 0.6) is 5.75 Å². The summed E-state index contributed by atoms with van der Waals surface area (Å²) in [4.78, 5) is 128. The lowest BCUT2D eigenvalue weighted by Crippen LogP contribution is -2.60. The van der Waals surface area contributed by atoms with Crippen molar-refractivity contribution in [1.29, 1.82) is 0 Å². The van der Waals surface area contributed by atoms with Crippen molar-refractivity contribution in [2.45, 2.75) is 121 Å². The Hall–Kier alpha value is -8.08. The number of phenolic OH excluding ortho intramolecular Hbond substituents is 1. The van der Waals surface area contributed by atoms with E-state index in [-0.39, 0.29) is 44.4 Å². The molecule has 13 N–H and O–H groups in total. The fourth-order valence-electron chi connectivity index (χ4n) is 8.81. The van der Waals surface area contributed by atoms with Crippen molar-refractivity contribution in [2.75, 3.05) is 13.1 Å². The number of aromatic hydroxyl groups is 1. The molecule has 1 fully saturated rings. The van der Waals surface area contributed by atoms with Crippen molar-refractivity contribution in [3.63, 3.8) is 0 Å². The predicted octanol–water partition coefficient (Wildman–Crippen LogP) is 0.626. The summed E-state index contributed by atoms with van der Waals surface area (Å²) >= 11 is 0. The first-order chi connectivity index (χ1) is 35.5. The molecule has 396 valence electrons. The minimum atomic E-state index is -1.33. The van der Waals surface area contributed by atoms with Crippen LogP contribution in [0.1, 0.15) is 75.9 Å². The molecule has 5 aromatic rings. The van der Waals surface area contributed by atoms with Gasteiger partial charge in [0, 0.05) is 66.7 Å². The molecule has 1 aliphatic rings. The van der Waals surface area contributed by atoms with E-state index in [0.29, 0.717) is 41.8 Å². The van der Waals surface area contributed by atoms with E-state index in [9.17, 15) is 48.6 Å². The second-order valence-electron chi connectivity index (χ2n) is 18.8. The van der Waals surface area contributed by atoms with Gasteiger partial charge in [0.2, 0.25) is 41.4 Å². The van der Waals surface area contributed by atoms with E-state index in [1.807, 2.05) is 31.2 Å². The number of amides is 7. The van der Waals surface area contributed by atoms with Gasteiger partial charge in [0.25, 0.3) is 0 Å². The number of hydrogen-bond donors (Lipinski definition) is 12. The largest absolute Gasteiger partial charge is 0.508 e. The smallest absolute Gasteiger partial charge is 0.326 e. The quantitative estimate of drug-likeness (QED) is 0.0362. The van der Waals surface area contributed by atoms with Gasteiger partial charge in [-0.05, 0) is 60.4 Å². The molecule has 0 bridgehead atoms. The van der Waals surface area contributed by atoms with Crippen LogP contribution >= 0.6 is 0 Å². The first-order valence-corrected chi connectivity index (χ1v) is 24.8. The van der Waals surface area contributed by atoms with Gasteiger partial charge in [-0.1, -0.05) is 70.9 Å². The number of hydrogen-bond acceptors (Lipinski definition) is 12. The molecular formula is C51H67N13O10. The number of nitrogens with two attached hydrogens (primary N) is 1. The molecule has 1 aliphatic heterocycles. The molecule has 7 amide bonds. The predicted molar refractivity (Wildman–Crippen MR) is 270 cm³/mol. The normalized spacial score (nSPS) is 16.6. The average Bonchev–Trinajstić information content (AvgIpc) is 4.25. The van der Waals surface area contributed by atoms with Crippen LogP contribution in [-0.4, -0.2) is 143 Å². The van der Waals surface area contributed by atoms with Crippen molar-refractivity contribution in [1.82, 2.24) is 61.7 Å². The SMILES string of the molecule is CC[C@H](C)[C@H](NC(=O)CNC(=O)[C@H](Cc1c[nH]c2ccccc12)NC(=O)[C@@H](NC(=O)[C@@H](N)Cc1ccc(O)cc1)[C@@H](C)CC)C(=O)N[C@@H](Cc1cnc[nH]1)C(=O)N[C@@H](Cc1cnc[nH]1)C(=O)N1CCC[C@H]1C(=O)O. The number of carboxylic acids is 1. The Morgan fingerprint density at radius 1 is 0.703 bits per heavy atom. The molecule has 1 saturated heterocycles. The minimum Gasteiger partial charge on any atom is -0.508 e. The second kappa shape index (κ2) is 26.0. The number of benzene rings is 2. The number of nitrogens with one attached hydrogen (secondary N) is 9. The van der Waals surface area contributed by atoms with Crippen LogP contribution in [0.15, 0.2) is 79.8 Å². The number of rotatable bonds is 26. The number of imidazole rings is 2. The third kappa shape index (κ3) is 14.8. The number of carbonyl (C=O) groups is 8. The van der Waals surface area contributed by atoms with Crippen LogP contribution in [-0.2, 0) is 64.0 Å². The maximum absolute atomic E-state index is 14.3. The molecule has 4 heterocycles. The van der Waals surface area contributed by atoms with Gasteiger partial charge in [-0.25, -0.2) is 14.8 Å². The van der Waals surface area contributed by atoms with Crippen LogP contribution in [0, 0.1) is 11.8 Å². The van der Waals surface area contributed by atoms with Gasteiger partial charge < -0.3 is 67.7 Å². The third-order valence-corrected chi connectivity index (χ3v) is 13.5. The first-order valence-electron chi connectivity index (χ1n) is 24.8. The number of nitrogens with zero attached hydrogens (tertiary/aromatic N) is 3. The lowest BCUT2D eigenvalue weighted by molar-refractivity contribution is -0.149. The summed E-state index contributed by atoms with van der Waals surface area (Å²) in [6.07, 6.45) is 8.97. The van der Waals surface area contributed by atoms with Gasteiger partial charge in [0.05, 0.1) is 25.2 Å². The van der Waals surface area contributed by atoms with Gasteiger partial charge in [0.15, 0.2) is 0 Å². The Bertz CT molecular complexity index is 2710. The summed E-state index contributed by atoms with van der Waals surface area (Å²) < 4.78 is 0. The van der Waals surface area contributed by atoms with Gasteiger partial charge in [-0.15, -0.1) is 0 Å². The highest BCUT2D eigenvalue weighted by Crippen LogP contribution is 2.22. The number of para-hydroxylation sites is 1. The van der Waals surface area contributed by atoms with E-state index in [0.717, 1.165) is 10.9 Å². The lowest BCUT2D eigenvalue weighted by Gasteiger charge is -2.29. The van der Waals surface area contributed by atoms with Crippen molar-refractivity contribution in [2.24, 2.45) is 17.6 Å². The van der Waals surface area contributed by atoms with E-state index < -0.39 is 108 Å². The van der Waals surface area contributed by atoms with Gasteiger partial charge in [0.1, 0.15) is 42.0 Å². The van der Waals surface area contributed by atoms with Crippen LogP contribution in [0.25, 0.3) is 10.9 Å². The lowest BCUT2D eigenvalue weighted by atomic mass is 9.96. The molecule has 2 aromatic carbocycles. The number of aliphatic carboxylic acids is 1. The summed E-state index contributed by atoms with van der Waals surface area (Å²) in [6, 6.07) is 5.34. The van der Waals surface area contributed by atoms with Gasteiger partial charge in [-0.2, -0.15) is 0 Å². The Morgan fingerprint density at radius 3 is 1.88 bits per heavy atom. The Balaban J connectivity index is 1.16. The number of likely N-dealkylation sites (tertiary alicyclic amines) is 1. The molecule has 0 spiro atoms. The van der Waals surface area contributed by atoms with E-state index in [2.05, 4.69) is 56.8 Å². The fraction of sp³-hybridized carbons (Fsp3) is 0.451. The molecule has 0 saturated carbocycles. The number of carbonyl (C=O) groups excluding carboxylic acids is 7. The standard InChI is InChI=1S/C51H67N13O10/c1-5-28(3)43(48(70)60-39(20-32-23-53-26-57-32)47(69)61-40(21-33-24-54-27-58-33)50(72)64-17-9-12-41(64)51(73)74)62-42(66)25-56-46(68)38(19-31-22-55-37-11-8-7-10-35(31)37)59-49(71)44(29(4)6-2)63-45(67)36(52)18-30-13-15-34(65)16-14-30/h7-8,10-11,13-16,22-24,26-29,36,38-41,43-44,55,65H,5-6,9,12,17-21,25,52H2,1-4H3,(H,53,57)(H,54,58)(H,56,68)(H,59,71)(H,60,70)(H,61,69)(H,62,66)(H,63,67)(H,73,74)/t28-,29-,36-,38-,39-,40-,41-,43-,44-/m0/s1. The second-order valence-corrected chi connectivity index (χ2v) is 18.8. The summed E-state index contributed by atoms with van der Waals surface area (Å²) in [5.74, 6) is -6.90. The fourth-order valence-corrected chi connectivity index (χ4v) is 8.81. The summed E-state index contributed by atoms with van der Waals surface area (Å²) in [5, 5.41) is 36.7. The van der Waals surface area contributed by atoms with Crippen molar-refractivity contribution >= 4 is 58.2 Å². The number of aromatic amines is 3. The summed E-state index contributed by atoms with van der Waals surface area (Å²) in [5.41, 5.74) is 9.39. The topological polar surface area (TPSA) is 352 Å². The minimum absolute atomic E-state index is 0.0189. The molecule has 74 heavy (non-hydrogen) atoms. The molecule has 23 heteroatoms. The number of H-pyrrole nitrogens is 3. The van der Waals surface area contributed by atoms with E-state index in [1.165, 1.54) is 42.1 Å². The Morgan fingerprint density at radius 2 is 1.28 bits per heavy atom. The maximum atomic E-state index is 14.3. The summed E-state index contributed by atoms with van der Waals surface area (Å²) in [6.45, 7) is 6.70. The zero-order valence-corrected chi connectivity index (χ0v) is 41.9. The van der Waals surface area contributed by atoms with Gasteiger partial charge in [-0.3, -0.25) is 33.6 Å². The Kier molecular flexibility index (Phi) is 19.4. The highest BCUT2D eigenvalue weighted by atomic mass is 16.4. The monoisotopic (exact) mass is 1020 g/mol. The average molecular weight is 1020 g/mol. The first kappa shape index (κ1) is 55.2. The highest BCUT2D eigenvalue weighted by molar-refractivity contribution is 5.97. The molecule has 9 atom stereocenters. The highest BCUT2D eigenvalue weighted by Gasteiger charge is 2.40. The molecular weight excluding hydrogens is 955 g/mol. The summed E-state index contributed by atoms with van der Waals surface area (Å²) in [7, 11) is 0. The molecule has 0 radical (unpaired) electrons. The molecule has 23 nitrogen and oxygen atoms in total. The number of phenols is 1. The Labute approximate surface area is 427 Å². The zero-order chi connectivity index (χ0) is 53.5. The zero-order valence-electron chi connectivity index (χ0n) is 41.9. The van der Waals surface area contributed by atoms with Crippen molar-refractivity contribution in [3.05, 3.63) is 102 Å². The number of aromatic nitrogens is 5. The molecule has 0 aliphatic carbocycles. The van der Waals surface area contributed by atoms with Crippen molar-refractivity contribution in [3.8, 4) is 5.75 Å². The van der Waals surface area contributed by atoms with Gasteiger partial charge >= 0.3 is 5.97 Å². The molecule has 3 aromatic heterocycles. The van der Waals surface area contributed by atoms with Crippen LogP contribution < -0.4 is 37.6 Å². The van der Waals surface area contributed by atoms with E-state index in [4.69, 9.17) is 5.73 Å². The number of fused-ring (bicyclic) bond motifs is 1. The maximum Gasteiger partial charge on any atom is 0.326 e. The van der Waals surface area contributed by atoms with Crippen LogP contribution in [0.2, 0.25) is 0 Å². The number of carboxylic acid groups (broad SMARTS) is 1. The third-order valence-electron chi connectivity index (χ3n) is 13.5. The van der Waals surface area contributed by atoms with Crippen molar-refractivity contribution < 1.29 is 48.6 Å².